The molecule has 0 unspecified atom stereocenters. The van der Waals surface area contributed by atoms with E-state index >= 15 is 0 Å². The van der Waals surface area contributed by atoms with Crippen molar-refractivity contribution < 1.29 is 14.3 Å². The molecule has 25 heavy (non-hydrogen) atoms. The maximum absolute atomic E-state index is 12.4. The quantitative estimate of drug-likeness (QED) is 0.834. The number of hydrogen-bond acceptors (Lipinski definition) is 4. The zero-order valence-corrected chi connectivity index (χ0v) is 15.5. The Morgan fingerprint density at radius 2 is 1.80 bits per heavy atom. The molecule has 1 saturated heterocycles. The average Bonchev–Trinajstić information content (AvgIpc) is 2.62. The van der Waals surface area contributed by atoms with Crippen molar-refractivity contribution in [3.05, 3.63) is 24.3 Å². The van der Waals surface area contributed by atoms with Gasteiger partial charge in [-0.2, -0.15) is 0 Å². The third-order valence-corrected chi connectivity index (χ3v) is 5.14. The van der Waals surface area contributed by atoms with Crippen molar-refractivity contribution in [2.24, 2.45) is 11.7 Å². The van der Waals surface area contributed by atoms with E-state index in [4.69, 9.17) is 15.2 Å². The fourth-order valence-corrected chi connectivity index (χ4v) is 3.43. The standard InChI is InChI=1S/C19H28N2O3.ClH/c20-19(10-2-1-3-11-19)18(22)21-16-4-6-17(7-5-16)24-14-15-8-12-23-13-9-15;/h4-7,15H,1-3,8-14,20H2,(H,21,22);1H. The highest BCUT2D eigenvalue weighted by atomic mass is 35.5. The predicted molar refractivity (Wildman–Crippen MR) is 101 cm³/mol. The second-order valence-electron chi connectivity index (χ2n) is 7.06. The molecule has 1 heterocycles. The Labute approximate surface area is 156 Å². The smallest absolute Gasteiger partial charge is 0.244 e. The van der Waals surface area contributed by atoms with Crippen molar-refractivity contribution in [2.45, 2.75) is 50.5 Å². The maximum Gasteiger partial charge on any atom is 0.244 e. The summed E-state index contributed by atoms with van der Waals surface area (Å²) in [5.74, 6) is 1.33. The van der Waals surface area contributed by atoms with Crippen molar-refractivity contribution in [1.29, 1.82) is 0 Å². The van der Waals surface area contributed by atoms with Gasteiger partial charge in [0, 0.05) is 18.9 Å². The third kappa shape index (κ3) is 5.59. The van der Waals surface area contributed by atoms with Crippen LogP contribution in [0.15, 0.2) is 24.3 Å². The van der Waals surface area contributed by atoms with E-state index in [0.717, 1.165) is 69.8 Å². The summed E-state index contributed by atoms with van der Waals surface area (Å²) >= 11 is 0. The molecular formula is C19H29ClN2O3. The van der Waals surface area contributed by atoms with Gasteiger partial charge in [-0.15, -0.1) is 12.4 Å². The molecule has 0 radical (unpaired) electrons. The summed E-state index contributed by atoms with van der Waals surface area (Å²) < 4.78 is 11.2. The highest BCUT2D eigenvalue weighted by molar-refractivity contribution is 5.98. The van der Waals surface area contributed by atoms with Crippen molar-refractivity contribution in [3.8, 4) is 5.75 Å². The topological polar surface area (TPSA) is 73.6 Å². The number of ether oxygens (including phenoxy) is 2. The van der Waals surface area contributed by atoms with Gasteiger partial charge in [0.15, 0.2) is 0 Å². The van der Waals surface area contributed by atoms with Crippen LogP contribution in [0.3, 0.4) is 0 Å². The van der Waals surface area contributed by atoms with Crippen LogP contribution in [-0.2, 0) is 9.53 Å². The van der Waals surface area contributed by atoms with Gasteiger partial charge < -0.3 is 20.5 Å². The van der Waals surface area contributed by atoms with Gasteiger partial charge in [0.2, 0.25) is 5.91 Å². The summed E-state index contributed by atoms with van der Waals surface area (Å²) in [7, 11) is 0. The van der Waals surface area contributed by atoms with Gasteiger partial charge in [0.25, 0.3) is 0 Å². The van der Waals surface area contributed by atoms with E-state index in [1.54, 1.807) is 0 Å². The normalized spacial score (nSPS) is 20.4. The molecule has 3 rings (SSSR count). The van der Waals surface area contributed by atoms with Crippen LogP contribution in [0.4, 0.5) is 5.69 Å². The molecule has 2 fully saturated rings. The van der Waals surface area contributed by atoms with Gasteiger partial charge in [0.05, 0.1) is 12.1 Å². The molecule has 5 nitrogen and oxygen atoms in total. The number of nitrogens with one attached hydrogen (secondary N) is 1. The lowest BCUT2D eigenvalue weighted by molar-refractivity contribution is -0.122. The number of anilines is 1. The minimum Gasteiger partial charge on any atom is -0.493 e. The highest BCUT2D eigenvalue weighted by Crippen LogP contribution is 2.27. The van der Waals surface area contributed by atoms with Crippen LogP contribution in [0.25, 0.3) is 0 Å². The zero-order valence-electron chi connectivity index (χ0n) is 14.7. The molecule has 1 amide bonds. The molecule has 140 valence electrons. The number of amides is 1. The summed E-state index contributed by atoms with van der Waals surface area (Å²) in [6.45, 7) is 2.39. The van der Waals surface area contributed by atoms with Crippen LogP contribution in [0.2, 0.25) is 0 Å². The van der Waals surface area contributed by atoms with Crippen LogP contribution < -0.4 is 15.8 Å². The monoisotopic (exact) mass is 368 g/mol. The zero-order chi connectivity index (χ0) is 16.8. The SMILES string of the molecule is Cl.NC1(C(=O)Nc2ccc(OCC3CCOCC3)cc2)CCCCC1. The van der Waals surface area contributed by atoms with E-state index in [0.29, 0.717) is 5.92 Å². The number of carbonyl (C=O) groups excluding carboxylic acids is 1. The van der Waals surface area contributed by atoms with Gasteiger partial charge >= 0.3 is 0 Å². The number of nitrogens with two attached hydrogens (primary N) is 1. The van der Waals surface area contributed by atoms with E-state index in [9.17, 15) is 4.79 Å². The lowest BCUT2D eigenvalue weighted by atomic mass is 9.82. The van der Waals surface area contributed by atoms with Gasteiger partial charge in [-0.3, -0.25) is 4.79 Å². The first kappa shape index (κ1) is 20.0. The van der Waals surface area contributed by atoms with Crippen molar-refractivity contribution >= 4 is 24.0 Å². The van der Waals surface area contributed by atoms with Crippen LogP contribution in [0.5, 0.6) is 5.75 Å². The Balaban J connectivity index is 0.00000225. The van der Waals surface area contributed by atoms with E-state index in [1.165, 1.54) is 6.42 Å². The summed E-state index contributed by atoms with van der Waals surface area (Å²) in [4.78, 5) is 12.4. The Kier molecular flexibility index (Phi) is 7.54. The lowest BCUT2D eigenvalue weighted by Crippen LogP contribution is -2.52. The van der Waals surface area contributed by atoms with Gasteiger partial charge in [0.1, 0.15) is 5.75 Å². The Morgan fingerprint density at radius 1 is 1.16 bits per heavy atom. The molecule has 1 aromatic rings. The largest absolute Gasteiger partial charge is 0.493 e. The van der Waals surface area contributed by atoms with Crippen molar-refractivity contribution in [2.75, 3.05) is 25.1 Å². The first-order chi connectivity index (χ1) is 11.7. The molecule has 1 aliphatic carbocycles. The average molecular weight is 369 g/mol. The summed E-state index contributed by atoms with van der Waals surface area (Å²) in [6, 6.07) is 7.56. The van der Waals surface area contributed by atoms with Gasteiger partial charge in [-0.05, 0) is 55.9 Å². The minimum absolute atomic E-state index is 0. The first-order valence-electron chi connectivity index (χ1n) is 9.07. The number of rotatable bonds is 5. The highest BCUT2D eigenvalue weighted by Gasteiger charge is 2.35. The second-order valence-corrected chi connectivity index (χ2v) is 7.06. The minimum atomic E-state index is -0.712. The molecule has 1 aromatic carbocycles. The first-order valence-corrected chi connectivity index (χ1v) is 9.07. The van der Waals surface area contributed by atoms with Crippen LogP contribution in [0, 0.1) is 5.92 Å². The van der Waals surface area contributed by atoms with E-state index < -0.39 is 5.54 Å². The fraction of sp³-hybridized carbons (Fsp3) is 0.632. The fourth-order valence-electron chi connectivity index (χ4n) is 3.43. The van der Waals surface area contributed by atoms with E-state index in [2.05, 4.69) is 5.32 Å². The molecule has 0 spiro atoms. The summed E-state index contributed by atoms with van der Waals surface area (Å²) in [5.41, 5.74) is 6.32. The predicted octanol–water partition coefficient (Wildman–Crippen LogP) is 3.51. The van der Waals surface area contributed by atoms with Crippen molar-refractivity contribution in [3.63, 3.8) is 0 Å². The summed E-state index contributed by atoms with van der Waals surface area (Å²) in [6.07, 6.45) is 6.90. The Hall–Kier alpha value is -1.30. The third-order valence-electron chi connectivity index (χ3n) is 5.14. The molecule has 1 aliphatic heterocycles. The Morgan fingerprint density at radius 3 is 2.44 bits per heavy atom. The van der Waals surface area contributed by atoms with Gasteiger partial charge in [-0.25, -0.2) is 0 Å². The number of halogens is 1. The number of carbonyl (C=O) groups is 1. The van der Waals surface area contributed by atoms with Crippen molar-refractivity contribution in [1.82, 2.24) is 0 Å². The van der Waals surface area contributed by atoms with Crippen LogP contribution >= 0.6 is 12.4 Å². The molecule has 3 N–H and O–H groups in total. The lowest BCUT2D eigenvalue weighted by Gasteiger charge is -2.31. The molecule has 1 saturated carbocycles. The maximum atomic E-state index is 12.4. The van der Waals surface area contributed by atoms with Crippen LogP contribution in [-0.4, -0.2) is 31.3 Å². The Bertz CT molecular complexity index is 538. The number of hydrogen-bond donors (Lipinski definition) is 2. The molecule has 0 atom stereocenters. The molecule has 0 bridgehead atoms. The second kappa shape index (κ2) is 9.41. The molecule has 2 aliphatic rings. The van der Waals surface area contributed by atoms with Gasteiger partial charge in [-0.1, -0.05) is 19.3 Å². The van der Waals surface area contributed by atoms with E-state index in [-0.39, 0.29) is 18.3 Å². The summed E-state index contributed by atoms with van der Waals surface area (Å²) in [5, 5.41) is 2.95. The molecular weight excluding hydrogens is 340 g/mol. The molecule has 0 aromatic heterocycles. The van der Waals surface area contributed by atoms with Crippen LogP contribution in [0.1, 0.15) is 44.9 Å². The molecule has 6 heteroatoms. The van der Waals surface area contributed by atoms with E-state index in [1.807, 2.05) is 24.3 Å². The number of benzene rings is 1.